The molecule has 178 valence electrons. The number of carbonyl (C=O) groups is 2. The molecule has 0 atom stereocenters. The Morgan fingerprint density at radius 3 is 2.58 bits per heavy atom. The van der Waals surface area contributed by atoms with Crippen LogP contribution in [0.15, 0.2) is 48.5 Å². The topological polar surface area (TPSA) is 83.1 Å². The van der Waals surface area contributed by atoms with Gasteiger partial charge >= 0.3 is 5.97 Å². The van der Waals surface area contributed by atoms with Crippen LogP contribution >= 0.6 is 0 Å². The fourth-order valence-corrected chi connectivity index (χ4v) is 2.94. The lowest BCUT2D eigenvalue weighted by Gasteiger charge is -2.11. The van der Waals surface area contributed by atoms with Crippen LogP contribution in [0.2, 0.25) is 0 Å². The molecule has 0 spiro atoms. The molecule has 0 saturated heterocycles. The Kier molecular flexibility index (Phi) is 11.5. The maximum absolute atomic E-state index is 12.3. The minimum Gasteiger partial charge on any atom is -0.493 e. The van der Waals surface area contributed by atoms with E-state index in [2.05, 4.69) is 12.2 Å². The fourth-order valence-electron chi connectivity index (χ4n) is 2.94. The summed E-state index contributed by atoms with van der Waals surface area (Å²) in [5.41, 5.74) is 1.65. The normalized spacial score (nSPS) is 10.8. The molecular formula is C26H33NO6. The number of nitrogens with one attached hydrogen (secondary N) is 1. The smallest absolute Gasteiger partial charge is 0.338 e. The number of esters is 1. The summed E-state index contributed by atoms with van der Waals surface area (Å²) in [7, 11) is 1.59. The molecule has 2 rings (SSSR count). The van der Waals surface area contributed by atoms with E-state index in [1.807, 2.05) is 25.1 Å². The van der Waals surface area contributed by atoms with Gasteiger partial charge in [0.2, 0.25) is 5.91 Å². The van der Waals surface area contributed by atoms with Crippen LogP contribution < -0.4 is 14.8 Å². The number of anilines is 1. The summed E-state index contributed by atoms with van der Waals surface area (Å²) in [5, 5.41) is 2.75. The molecule has 0 saturated carbocycles. The van der Waals surface area contributed by atoms with E-state index >= 15 is 0 Å². The maximum atomic E-state index is 12.3. The summed E-state index contributed by atoms with van der Waals surface area (Å²) < 4.78 is 21.5. The minimum absolute atomic E-state index is 0.179. The molecule has 0 fully saturated rings. The number of rotatable bonds is 14. The molecular weight excluding hydrogens is 422 g/mol. The van der Waals surface area contributed by atoms with Crippen molar-refractivity contribution in [3.8, 4) is 11.5 Å². The molecule has 7 heteroatoms. The highest BCUT2D eigenvalue weighted by Crippen LogP contribution is 2.28. The van der Waals surface area contributed by atoms with Crippen LogP contribution in [-0.2, 0) is 14.3 Å². The molecule has 33 heavy (non-hydrogen) atoms. The molecule has 0 radical (unpaired) electrons. The van der Waals surface area contributed by atoms with Crippen LogP contribution in [0.5, 0.6) is 11.5 Å². The number of unbranched alkanes of at least 4 members (excludes halogenated alkanes) is 2. The van der Waals surface area contributed by atoms with E-state index in [9.17, 15) is 9.59 Å². The van der Waals surface area contributed by atoms with Gasteiger partial charge in [-0.25, -0.2) is 4.79 Å². The molecule has 0 unspecified atom stereocenters. The Balaban J connectivity index is 1.93. The van der Waals surface area contributed by atoms with Crippen LogP contribution in [0.1, 0.15) is 49.0 Å². The number of carbonyl (C=O) groups excluding carboxylic acids is 2. The third-order valence-corrected chi connectivity index (χ3v) is 4.65. The molecule has 0 aliphatic carbocycles. The van der Waals surface area contributed by atoms with Gasteiger partial charge < -0.3 is 24.3 Å². The van der Waals surface area contributed by atoms with E-state index in [0.29, 0.717) is 42.6 Å². The first kappa shape index (κ1) is 25.9. The number of hydrogen-bond acceptors (Lipinski definition) is 6. The third-order valence-electron chi connectivity index (χ3n) is 4.65. The third kappa shape index (κ3) is 9.37. The zero-order valence-corrected chi connectivity index (χ0v) is 19.6. The molecule has 2 aromatic rings. The van der Waals surface area contributed by atoms with Crippen molar-refractivity contribution in [3.05, 3.63) is 59.7 Å². The van der Waals surface area contributed by atoms with Gasteiger partial charge in [-0.1, -0.05) is 31.9 Å². The molecule has 0 aliphatic rings. The molecule has 0 aromatic heterocycles. The number of benzene rings is 2. The second-order valence-electron chi connectivity index (χ2n) is 7.20. The molecule has 2 aromatic carbocycles. The van der Waals surface area contributed by atoms with Gasteiger partial charge in [-0.3, -0.25) is 4.79 Å². The highest BCUT2D eigenvalue weighted by molar-refractivity contribution is 6.02. The molecule has 1 N–H and O–H groups in total. The summed E-state index contributed by atoms with van der Waals surface area (Å²) >= 11 is 0. The van der Waals surface area contributed by atoms with E-state index in [0.717, 1.165) is 24.8 Å². The lowest BCUT2D eigenvalue weighted by molar-refractivity contribution is -0.111. The molecule has 0 aliphatic heterocycles. The quantitative estimate of drug-likeness (QED) is 0.242. The van der Waals surface area contributed by atoms with Crippen LogP contribution in [0.3, 0.4) is 0 Å². The zero-order chi connectivity index (χ0) is 23.9. The summed E-state index contributed by atoms with van der Waals surface area (Å²) in [6.07, 6.45) is 6.35. The number of amides is 1. The van der Waals surface area contributed by atoms with Crippen molar-refractivity contribution >= 4 is 23.6 Å². The van der Waals surface area contributed by atoms with Crippen LogP contribution in [0.4, 0.5) is 5.69 Å². The second kappa shape index (κ2) is 14.7. The zero-order valence-electron chi connectivity index (χ0n) is 19.6. The van der Waals surface area contributed by atoms with E-state index in [1.54, 1.807) is 37.5 Å². The van der Waals surface area contributed by atoms with Crippen LogP contribution in [-0.4, -0.2) is 45.4 Å². The SMILES string of the molecule is CCCCCOc1ccc(/C=C/C(=O)Nc2cccc(C(=O)OCCOCC)c2)cc1OC. The summed E-state index contributed by atoms with van der Waals surface area (Å²) in [6, 6.07) is 12.1. The molecule has 0 bridgehead atoms. The van der Waals surface area contributed by atoms with Gasteiger partial charge in [0.05, 0.1) is 25.9 Å². The average Bonchev–Trinajstić information content (AvgIpc) is 2.83. The second-order valence-corrected chi connectivity index (χ2v) is 7.20. The van der Waals surface area contributed by atoms with Gasteiger partial charge in [-0.15, -0.1) is 0 Å². The van der Waals surface area contributed by atoms with Gasteiger partial charge in [0.15, 0.2) is 11.5 Å². The lowest BCUT2D eigenvalue weighted by atomic mass is 10.1. The standard InChI is InChI=1S/C26H33NO6/c1-4-6-7-15-32-23-13-11-20(18-24(23)30-3)12-14-25(28)27-22-10-8-9-21(19-22)26(29)33-17-16-31-5-2/h8-14,18-19H,4-7,15-17H2,1-3H3,(H,27,28)/b14-12+. The van der Waals surface area contributed by atoms with Crippen molar-refractivity contribution in [1.29, 1.82) is 0 Å². The fraction of sp³-hybridized carbons (Fsp3) is 0.385. The highest BCUT2D eigenvalue weighted by Gasteiger charge is 2.09. The van der Waals surface area contributed by atoms with Gasteiger partial charge in [0.1, 0.15) is 6.61 Å². The first-order chi connectivity index (χ1) is 16.1. The van der Waals surface area contributed by atoms with Crippen LogP contribution in [0.25, 0.3) is 6.08 Å². The van der Waals surface area contributed by atoms with E-state index < -0.39 is 5.97 Å². The maximum Gasteiger partial charge on any atom is 0.338 e. The summed E-state index contributed by atoms with van der Waals surface area (Å²) in [6.45, 7) is 5.75. The Labute approximate surface area is 195 Å². The predicted molar refractivity (Wildman–Crippen MR) is 129 cm³/mol. The van der Waals surface area contributed by atoms with Gasteiger partial charge in [-0.05, 0) is 55.3 Å². The van der Waals surface area contributed by atoms with Crippen molar-refractivity contribution in [2.24, 2.45) is 0 Å². The van der Waals surface area contributed by atoms with Gasteiger partial charge in [-0.2, -0.15) is 0 Å². The first-order valence-corrected chi connectivity index (χ1v) is 11.2. The van der Waals surface area contributed by atoms with E-state index in [1.165, 1.54) is 6.08 Å². The Morgan fingerprint density at radius 1 is 0.970 bits per heavy atom. The summed E-state index contributed by atoms with van der Waals surface area (Å²) in [5.74, 6) is 0.505. The van der Waals surface area contributed by atoms with E-state index in [4.69, 9.17) is 18.9 Å². The molecule has 1 amide bonds. The van der Waals surface area contributed by atoms with Gasteiger partial charge in [0, 0.05) is 18.4 Å². The first-order valence-electron chi connectivity index (χ1n) is 11.2. The monoisotopic (exact) mass is 455 g/mol. The van der Waals surface area contributed by atoms with Crippen molar-refractivity contribution in [3.63, 3.8) is 0 Å². The molecule has 0 heterocycles. The largest absolute Gasteiger partial charge is 0.493 e. The highest BCUT2D eigenvalue weighted by atomic mass is 16.6. The molecule has 7 nitrogen and oxygen atoms in total. The predicted octanol–water partition coefficient (Wildman–Crippen LogP) is 5.11. The summed E-state index contributed by atoms with van der Waals surface area (Å²) in [4.78, 5) is 24.5. The Morgan fingerprint density at radius 2 is 1.82 bits per heavy atom. The van der Waals surface area contributed by atoms with Crippen LogP contribution in [0, 0.1) is 0 Å². The number of methoxy groups -OCH3 is 1. The Hall–Kier alpha value is -3.32. The number of hydrogen-bond donors (Lipinski definition) is 1. The number of ether oxygens (including phenoxy) is 4. The average molecular weight is 456 g/mol. The van der Waals surface area contributed by atoms with Crippen molar-refractivity contribution in [2.75, 3.05) is 38.9 Å². The van der Waals surface area contributed by atoms with Gasteiger partial charge in [0.25, 0.3) is 0 Å². The van der Waals surface area contributed by atoms with Crippen molar-refractivity contribution < 1.29 is 28.5 Å². The lowest BCUT2D eigenvalue weighted by Crippen LogP contribution is -2.12. The van der Waals surface area contributed by atoms with E-state index in [-0.39, 0.29) is 12.5 Å². The minimum atomic E-state index is -0.467. The van der Waals surface area contributed by atoms with Crippen molar-refractivity contribution in [1.82, 2.24) is 0 Å². The Bertz CT molecular complexity index is 925. The van der Waals surface area contributed by atoms with Crippen molar-refractivity contribution in [2.45, 2.75) is 33.1 Å².